The molecule has 4 aromatic rings. The van der Waals surface area contributed by atoms with Crippen molar-refractivity contribution in [2.45, 2.75) is 0 Å². The maximum atomic E-state index is 13.0. The van der Waals surface area contributed by atoms with Gasteiger partial charge in [0.1, 0.15) is 0 Å². The monoisotopic (exact) mass is 341 g/mol. The number of carbonyl (C=O) groups is 2. The molecule has 0 bridgehead atoms. The van der Waals surface area contributed by atoms with Crippen molar-refractivity contribution in [2.24, 2.45) is 0 Å². The van der Waals surface area contributed by atoms with Gasteiger partial charge in [-0.05, 0) is 29.8 Å². The van der Waals surface area contributed by atoms with Crippen molar-refractivity contribution < 1.29 is 14.7 Å². The van der Waals surface area contributed by atoms with Gasteiger partial charge in [-0.2, -0.15) is 0 Å². The van der Waals surface area contributed by atoms with Gasteiger partial charge in [-0.1, -0.05) is 54.6 Å². The molecule has 0 radical (unpaired) electrons. The number of ketones is 1. The van der Waals surface area contributed by atoms with Crippen LogP contribution in [0.4, 0.5) is 0 Å². The number of carbonyl (C=O) groups excluding carboxylic acids is 1. The first-order chi connectivity index (χ1) is 12.6. The molecule has 2 heterocycles. The van der Waals surface area contributed by atoms with Gasteiger partial charge in [-0.15, -0.1) is 0 Å². The van der Waals surface area contributed by atoms with Gasteiger partial charge >= 0.3 is 5.97 Å². The number of nitrogens with zero attached hydrogens (tertiary/aromatic N) is 1. The molecular formula is C22H15NO3. The van der Waals surface area contributed by atoms with Gasteiger partial charge in [0.15, 0.2) is 0 Å². The number of aromatic carboxylic acids is 1. The summed E-state index contributed by atoms with van der Waals surface area (Å²) in [6.07, 6.45) is 1.90. The molecule has 4 rings (SSSR count). The quantitative estimate of drug-likeness (QED) is 0.555. The summed E-state index contributed by atoms with van der Waals surface area (Å²) >= 11 is 0. The Balaban J connectivity index is 1.86. The van der Waals surface area contributed by atoms with Crippen LogP contribution >= 0.6 is 0 Å². The van der Waals surface area contributed by atoms with E-state index in [1.807, 2.05) is 53.1 Å². The highest BCUT2D eigenvalue weighted by molar-refractivity contribution is 6.13. The Morgan fingerprint density at radius 1 is 0.731 bits per heavy atom. The predicted molar refractivity (Wildman–Crippen MR) is 99.7 cm³/mol. The third-order valence-electron chi connectivity index (χ3n) is 4.37. The van der Waals surface area contributed by atoms with E-state index in [1.165, 1.54) is 6.07 Å². The standard InChI is InChI=1S/C22H15NO3/c24-21(18-10-4-5-11-19(18)22(25)26)20-12-6-9-17-13-16(14-23(17)20)15-7-2-1-3-8-15/h1-14H,(H,25,26). The van der Waals surface area contributed by atoms with Crippen molar-refractivity contribution in [3.05, 3.63) is 102 Å². The Bertz CT molecular complexity index is 1130. The molecule has 0 unspecified atom stereocenters. The van der Waals surface area contributed by atoms with E-state index < -0.39 is 5.97 Å². The Morgan fingerprint density at radius 3 is 2.15 bits per heavy atom. The minimum Gasteiger partial charge on any atom is -0.478 e. The van der Waals surface area contributed by atoms with Crippen LogP contribution in [0.1, 0.15) is 26.4 Å². The molecule has 0 aliphatic heterocycles. The molecule has 1 N–H and O–H groups in total. The van der Waals surface area contributed by atoms with Crippen molar-refractivity contribution >= 4 is 17.3 Å². The van der Waals surface area contributed by atoms with Crippen LogP contribution < -0.4 is 0 Å². The van der Waals surface area contributed by atoms with E-state index in [4.69, 9.17) is 0 Å². The zero-order valence-electron chi connectivity index (χ0n) is 13.8. The Kier molecular flexibility index (Phi) is 3.86. The largest absolute Gasteiger partial charge is 0.478 e. The summed E-state index contributed by atoms with van der Waals surface area (Å²) in [6, 6.07) is 23.6. The summed E-state index contributed by atoms with van der Waals surface area (Å²) in [4.78, 5) is 24.5. The van der Waals surface area contributed by atoms with Crippen molar-refractivity contribution in [3.8, 4) is 11.1 Å². The molecule has 0 saturated carbocycles. The number of carboxylic acids is 1. The number of pyridine rings is 1. The molecule has 4 nitrogen and oxygen atoms in total. The lowest BCUT2D eigenvalue weighted by molar-refractivity contribution is 0.0692. The normalized spacial score (nSPS) is 10.8. The zero-order valence-corrected chi connectivity index (χ0v) is 13.8. The highest BCUT2D eigenvalue weighted by Gasteiger charge is 2.19. The second kappa shape index (κ2) is 6.33. The molecule has 0 fully saturated rings. The van der Waals surface area contributed by atoms with Gasteiger partial charge in [0, 0.05) is 22.8 Å². The maximum Gasteiger partial charge on any atom is 0.336 e. The predicted octanol–water partition coefficient (Wildman–Crippen LogP) is 4.54. The molecule has 0 spiro atoms. The number of carboxylic acid groups (broad SMARTS) is 1. The first kappa shape index (κ1) is 15.8. The molecule has 0 amide bonds. The third-order valence-corrected chi connectivity index (χ3v) is 4.37. The second-order valence-electron chi connectivity index (χ2n) is 5.98. The topological polar surface area (TPSA) is 58.8 Å². The average Bonchev–Trinajstić information content (AvgIpc) is 3.12. The minimum atomic E-state index is -1.11. The van der Waals surface area contributed by atoms with E-state index in [-0.39, 0.29) is 16.9 Å². The van der Waals surface area contributed by atoms with E-state index in [0.29, 0.717) is 5.69 Å². The van der Waals surface area contributed by atoms with Crippen LogP contribution in [-0.2, 0) is 0 Å². The number of aromatic nitrogens is 1. The first-order valence-electron chi connectivity index (χ1n) is 8.19. The van der Waals surface area contributed by atoms with Gasteiger partial charge in [-0.3, -0.25) is 4.79 Å². The highest BCUT2D eigenvalue weighted by Crippen LogP contribution is 2.25. The van der Waals surface area contributed by atoms with Crippen LogP contribution in [0.25, 0.3) is 16.6 Å². The van der Waals surface area contributed by atoms with Crippen LogP contribution in [0.3, 0.4) is 0 Å². The van der Waals surface area contributed by atoms with Crippen LogP contribution in [0.15, 0.2) is 85.1 Å². The SMILES string of the molecule is O=C(O)c1ccccc1C(=O)c1cccc2cc(-c3ccccc3)cn12. The molecule has 4 heteroatoms. The van der Waals surface area contributed by atoms with Crippen LogP contribution in [-0.4, -0.2) is 21.3 Å². The zero-order chi connectivity index (χ0) is 18.1. The molecular weight excluding hydrogens is 326 g/mol. The minimum absolute atomic E-state index is 0.00458. The lowest BCUT2D eigenvalue weighted by atomic mass is 10.0. The summed E-state index contributed by atoms with van der Waals surface area (Å²) in [7, 11) is 0. The summed E-state index contributed by atoms with van der Waals surface area (Å²) < 4.78 is 1.81. The van der Waals surface area contributed by atoms with Gasteiger partial charge in [-0.25, -0.2) is 4.79 Å². The van der Waals surface area contributed by atoms with E-state index in [9.17, 15) is 14.7 Å². The Labute approximate surface area is 150 Å². The van der Waals surface area contributed by atoms with Gasteiger partial charge in [0.25, 0.3) is 0 Å². The van der Waals surface area contributed by atoms with Crippen molar-refractivity contribution in [2.75, 3.05) is 0 Å². The van der Waals surface area contributed by atoms with Gasteiger partial charge < -0.3 is 9.51 Å². The average molecular weight is 341 g/mol. The fourth-order valence-electron chi connectivity index (χ4n) is 3.11. The molecule has 0 atom stereocenters. The van der Waals surface area contributed by atoms with Crippen LogP contribution in [0.2, 0.25) is 0 Å². The number of hydrogen-bond donors (Lipinski definition) is 1. The van der Waals surface area contributed by atoms with Crippen LogP contribution in [0.5, 0.6) is 0 Å². The van der Waals surface area contributed by atoms with Crippen molar-refractivity contribution in [1.82, 2.24) is 4.40 Å². The highest BCUT2D eigenvalue weighted by atomic mass is 16.4. The van der Waals surface area contributed by atoms with E-state index in [2.05, 4.69) is 0 Å². The smallest absolute Gasteiger partial charge is 0.336 e. The molecule has 126 valence electrons. The number of benzene rings is 2. The fourth-order valence-corrected chi connectivity index (χ4v) is 3.11. The van der Waals surface area contributed by atoms with Crippen molar-refractivity contribution in [3.63, 3.8) is 0 Å². The van der Waals surface area contributed by atoms with Crippen LogP contribution in [0, 0.1) is 0 Å². The van der Waals surface area contributed by atoms with Gasteiger partial charge in [0.05, 0.1) is 11.3 Å². The Morgan fingerprint density at radius 2 is 1.42 bits per heavy atom. The molecule has 2 aromatic carbocycles. The summed E-state index contributed by atoms with van der Waals surface area (Å²) in [5, 5.41) is 9.37. The summed E-state index contributed by atoms with van der Waals surface area (Å²) in [5.41, 5.74) is 3.55. The summed E-state index contributed by atoms with van der Waals surface area (Å²) in [6.45, 7) is 0. The fraction of sp³-hybridized carbons (Fsp3) is 0. The molecule has 2 aromatic heterocycles. The number of fused-ring (bicyclic) bond motifs is 1. The van der Waals surface area contributed by atoms with E-state index in [1.54, 1.807) is 30.3 Å². The van der Waals surface area contributed by atoms with E-state index in [0.717, 1.165) is 16.6 Å². The lowest BCUT2D eigenvalue weighted by Crippen LogP contribution is -2.12. The number of hydrogen-bond acceptors (Lipinski definition) is 2. The molecule has 0 aliphatic carbocycles. The maximum absolute atomic E-state index is 13.0. The van der Waals surface area contributed by atoms with Crippen molar-refractivity contribution in [1.29, 1.82) is 0 Å². The number of rotatable bonds is 4. The molecule has 0 aliphatic rings. The first-order valence-corrected chi connectivity index (χ1v) is 8.19. The van der Waals surface area contributed by atoms with E-state index >= 15 is 0 Å². The molecule has 26 heavy (non-hydrogen) atoms. The van der Waals surface area contributed by atoms with Gasteiger partial charge in [0.2, 0.25) is 5.78 Å². The lowest BCUT2D eigenvalue weighted by Gasteiger charge is -2.08. The third kappa shape index (κ3) is 2.67. The molecule has 0 saturated heterocycles. The summed E-state index contributed by atoms with van der Waals surface area (Å²) in [5.74, 6) is -1.43. The second-order valence-corrected chi connectivity index (χ2v) is 5.98. The Hall–Kier alpha value is -3.66.